The Morgan fingerprint density at radius 2 is 2.00 bits per heavy atom. The number of nitrogens with one attached hydrogen (secondary N) is 2. The van der Waals surface area contributed by atoms with Gasteiger partial charge in [0.2, 0.25) is 0 Å². The van der Waals surface area contributed by atoms with E-state index in [9.17, 15) is 9.59 Å². The van der Waals surface area contributed by atoms with Gasteiger partial charge in [-0.1, -0.05) is 6.07 Å². The fraction of sp³-hybridized carbons (Fsp3) is 0.429. The summed E-state index contributed by atoms with van der Waals surface area (Å²) >= 11 is 0. The van der Waals surface area contributed by atoms with E-state index in [1.807, 2.05) is 12.1 Å². The van der Waals surface area contributed by atoms with Crippen LogP contribution in [0.4, 0.5) is 0 Å². The maximum Gasteiger partial charge on any atom is 0.310 e. The molecule has 1 amide bonds. The summed E-state index contributed by atoms with van der Waals surface area (Å²) in [5.74, 6) is -1.16. The number of carboxylic acids is 1. The third-order valence-electron chi connectivity index (χ3n) is 3.37. The van der Waals surface area contributed by atoms with Crippen LogP contribution in [0, 0.1) is 5.41 Å². The highest BCUT2D eigenvalue weighted by Gasteiger charge is 2.27. The number of rotatable bonds is 4. The third-order valence-corrected chi connectivity index (χ3v) is 3.37. The van der Waals surface area contributed by atoms with E-state index in [2.05, 4.69) is 10.6 Å². The first kappa shape index (κ1) is 13.5. The Morgan fingerprint density at radius 3 is 2.68 bits per heavy atom. The second-order valence-electron chi connectivity index (χ2n) is 5.46. The molecule has 0 fully saturated rings. The maximum atomic E-state index is 12.0. The molecule has 0 spiro atoms. The molecule has 19 heavy (non-hydrogen) atoms. The van der Waals surface area contributed by atoms with Crippen molar-refractivity contribution in [3.63, 3.8) is 0 Å². The van der Waals surface area contributed by atoms with Crippen molar-refractivity contribution < 1.29 is 14.7 Å². The molecular weight excluding hydrogens is 244 g/mol. The van der Waals surface area contributed by atoms with E-state index in [0.29, 0.717) is 5.56 Å². The van der Waals surface area contributed by atoms with Gasteiger partial charge < -0.3 is 15.7 Å². The molecule has 0 saturated heterocycles. The lowest BCUT2D eigenvalue weighted by Gasteiger charge is -2.19. The van der Waals surface area contributed by atoms with Crippen LogP contribution in [0.15, 0.2) is 18.2 Å². The monoisotopic (exact) mass is 262 g/mol. The van der Waals surface area contributed by atoms with E-state index in [4.69, 9.17) is 5.11 Å². The first-order valence-electron chi connectivity index (χ1n) is 6.24. The average molecular weight is 262 g/mol. The zero-order chi connectivity index (χ0) is 14.0. The molecule has 0 aromatic heterocycles. The zero-order valence-electron chi connectivity index (χ0n) is 11.1. The maximum absolute atomic E-state index is 12.0. The summed E-state index contributed by atoms with van der Waals surface area (Å²) in [6.07, 6.45) is 0. The number of amides is 1. The third kappa shape index (κ3) is 2.93. The van der Waals surface area contributed by atoms with Gasteiger partial charge in [0.25, 0.3) is 5.91 Å². The molecule has 1 aromatic carbocycles. The fourth-order valence-electron chi connectivity index (χ4n) is 1.91. The number of hydrogen-bond donors (Lipinski definition) is 3. The first-order chi connectivity index (χ1) is 8.90. The molecule has 0 bridgehead atoms. The van der Waals surface area contributed by atoms with Gasteiger partial charge in [0, 0.05) is 25.2 Å². The van der Waals surface area contributed by atoms with Crippen LogP contribution in [0.5, 0.6) is 0 Å². The van der Waals surface area contributed by atoms with Crippen LogP contribution in [0.25, 0.3) is 0 Å². The van der Waals surface area contributed by atoms with Gasteiger partial charge in [-0.2, -0.15) is 0 Å². The van der Waals surface area contributed by atoms with Crippen LogP contribution in [0.2, 0.25) is 0 Å². The molecule has 0 radical (unpaired) electrons. The van der Waals surface area contributed by atoms with Crippen molar-refractivity contribution in [2.75, 3.05) is 6.54 Å². The van der Waals surface area contributed by atoms with Crippen molar-refractivity contribution in [3.05, 3.63) is 34.9 Å². The number of hydrogen-bond acceptors (Lipinski definition) is 3. The highest BCUT2D eigenvalue weighted by atomic mass is 16.4. The van der Waals surface area contributed by atoms with Crippen LogP contribution >= 0.6 is 0 Å². The van der Waals surface area contributed by atoms with Crippen LogP contribution in [0.3, 0.4) is 0 Å². The second-order valence-corrected chi connectivity index (χ2v) is 5.46. The quantitative estimate of drug-likeness (QED) is 0.760. The molecule has 0 unspecified atom stereocenters. The Kier molecular flexibility index (Phi) is 3.57. The molecule has 1 aliphatic rings. The molecule has 2 rings (SSSR count). The number of carbonyl (C=O) groups is 2. The lowest BCUT2D eigenvalue weighted by Crippen LogP contribution is -2.38. The largest absolute Gasteiger partial charge is 0.481 e. The summed E-state index contributed by atoms with van der Waals surface area (Å²) in [5.41, 5.74) is 1.95. The van der Waals surface area contributed by atoms with Gasteiger partial charge >= 0.3 is 5.97 Å². The molecule has 0 saturated carbocycles. The molecule has 102 valence electrons. The van der Waals surface area contributed by atoms with E-state index in [0.717, 1.165) is 18.7 Å². The Morgan fingerprint density at radius 1 is 1.32 bits per heavy atom. The molecule has 0 aliphatic carbocycles. The van der Waals surface area contributed by atoms with Gasteiger partial charge in [0.1, 0.15) is 0 Å². The number of fused-ring (bicyclic) bond motifs is 1. The highest BCUT2D eigenvalue weighted by molar-refractivity contribution is 5.94. The topological polar surface area (TPSA) is 78.4 Å². The molecule has 5 nitrogen and oxygen atoms in total. The Bertz CT molecular complexity index is 523. The molecular formula is C14H18N2O3. The van der Waals surface area contributed by atoms with E-state index in [-0.39, 0.29) is 12.5 Å². The predicted molar refractivity (Wildman–Crippen MR) is 70.7 cm³/mol. The van der Waals surface area contributed by atoms with Gasteiger partial charge in [-0.3, -0.25) is 9.59 Å². The van der Waals surface area contributed by atoms with Crippen LogP contribution in [-0.2, 0) is 17.9 Å². The van der Waals surface area contributed by atoms with Gasteiger partial charge in [0.15, 0.2) is 0 Å². The molecule has 1 aliphatic heterocycles. The number of carbonyl (C=O) groups excluding carboxylic acids is 1. The predicted octanol–water partition coefficient (Wildman–Crippen LogP) is 1.13. The van der Waals surface area contributed by atoms with E-state index in [1.165, 1.54) is 5.56 Å². The van der Waals surface area contributed by atoms with E-state index < -0.39 is 11.4 Å². The minimum atomic E-state index is -0.964. The Balaban J connectivity index is 2.03. The fourth-order valence-corrected chi connectivity index (χ4v) is 1.91. The van der Waals surface area contributed by atoms with Crippen LogP contribution in [-0.4, -0.2) is 23.5 Å². The Labute approximate surface area is 112 Å². The van der Waals surface area contributed by atoms with Crippen molar-refractivity contribution >= 4 is 11.9 Å². The van der Waals surface area contributed by atoms with Crippen LogP contribution < -0.4 is 10.6 Å². The summed E-state index contributed by atoms with van der Waals surface area (Å²) in [6, 6.07) is 5.57. The summed E-state index contributed by atoms with van der Waals surface area (Å²) in [6.45, 7) is 4.89. The molecule has 1 aromatic rings. The molecule has 1 heterocycles. The van der Waals surface area contributed by atoms with Crippen molar-refractivity contribution in [2.45, 2.75) is 26.9 Å². The molecule has 5 heteroatoms. The zero-order valence-corrected chi connectivity index (χ0v) is 11.1. The summed E-state index contributed by atoms with van der Waals surface area (Å²) in [7, 11) is 0. The second kappa shape index (κ2) is 5.01. The number of aliphatic carboxylic acids is 1. The smallest absolute Gasteiger partial charge is 0.310 e. The lowest BCUT2D eigenvalue weighted by atomic mass is 9.94. The summed E-state index contributed by atoms with van der Waals surface area (Å²) < 4.78 is 0. The van der Waals surface area contributed by atoms with E-state index in [1.54, 1.807) is 19.9 Å². The van der Waals surface area contributed by atoms with E-state index >= 15 is 0 Å². The van der Waals surface area contributed by atoms with Crippen molar-refractivity contribution in [1.82, 2.24) is 10.6 Å². The van der Waals surface area contributed by atoms with Gasteiger partial charge in [-0.15, -0.1) is 0 Å². The normalized spacial score (nSPS) is 14.0. The number of carboxylic acid groups (broad SMARTS) is 1. The lowest BCUT2D eigenvalue weighted by molar-refractivity contribution is -0.146. The van der Waals surface area contributed by atoms with Gasteiger partial charge in [-0.25, -0.2) is 0 Å². The molecule has 0 atom stereocenters. The minimum Gasteiger partial charge on any atom is -0.481 e. The van der Waals surface area contributed by atoms with Gasteiger partial charge in [-0.05, 0) is 37.1 Å². The minimum absolute atomic E-state index is 0.108. The highest BCUT2D eigenvalue weighted by Crippen LogP contribution is 2.18. The Hall–Kier alpha value is -1.88. The number of benzene rings is 1. The van der Waals surface area contributed by atoms with Crippen molar-refractivity contribution in [2.24, 2.45) is 5.41 Å². The van der Waals surface area contributed by atoms with Gasteiger partial charge in [0.05, 0.1) is 5.41 Å². The summed E-state index contributed by atoms with van der Waals surface area (Å²) in [5, 5.41) is 14.9. The average Bonchev–Trinajstić information content (AvgIpc) is 2.82. The van der Waals surface area contributed by atoms with Crippen LogP contribution in [0.1, 0.15) is 35.3 Å². The SMILES string of the molecule is CC(C)(CNC(=O)c1ccc2c(c1)CNC2)C(=O)O. The van der Waals surface area contributed by atoms with Crippen molar-refractivity contribution in [1.29, 1.82) is 0 Å². The first-order valence-corrected chi connectivity index (χ1v) is 6.24. The summed E-state index contributed by atoms with van der Waals surface area (Å²) in [4.78, 5) is 23.0. The standard InChI is InChI=1S/C14H18N2O3/c1-14(2,13(18)19)8-16-12(17)9-3-4-10-6-15-7-11(10)5-9/h3-5,15H,6-8H2,1-2H3,(H,16,17)(H,18,19). The van der Waals surface area contributed by atoms with Crippen molar-refractivity contribution in [3.8, 4) is 0 Å². The molecule has 3 N–H and O–H groups in total.